The van der Waals surface area contributed by atoms with E-state index in [0.717, 1.165) is 60.1 Å². The summed E-state index contributed by atoms with van der Waals surface area (Å²) in [6.45, 7) is 2.94. The first-order chi connectivity index (χ1) is 17.2. The Morgan fingerprint density at radius 2 is 1.91 bits per heavy atom. The second kappa shape index (κ2) is 11.0. The molecule has 1 aliphatic heterocycles. The summed E-state index contributed by atoms with van der Waals surface area (Å²) in [4.78, 5) is 20.1. The lowest BCUT2D eigenvalue weighted by molar-refractivity contribution is 0.102. The predicted octanol–water partition coefficient (Wildman–Crippen LogP) is 7.20. The molecular weight excluding hydrogens is 478 g/mol. The molecule has 0 spiro atoms. The summed E-state index contributed by atoms with van der Waals surface area (Å²) in [5.41, 5.74) is 3.17. The third-order valence-electron chi connectivity index (χ3n) is 6.21. The topological polar surface area (TPSA) is 58.4 Å². The van der Waals surface area contributed by atoms with Crippen molar-refractivity contribution < 1.29 is 9.21 Å². The van der Waals surface area contributed by atoms with Gasteiger partial charge in [0.15, 0.2) is 0 Å². The van der Waals surface area contributed by atoms with E-state index < -0.39 is 0 Å². The molecule has 0 atom stereocenters. The minimum atomic E-state index is -0.186. The van der Waals surface area contributed by atoms with Crippen molar-refractivity contribution in [1.82, 2.24) is 9.88 Å². The van der Waals surface area contributed by atoms with Crippen molar-refractivity contribution in [2.75, 3.05) is 25.0 Å². The van der Waals surface area contributed by atoms with E-state index >= 15 is 0 Å². The van der Waals surface area contributed by atoms with Gasteiger partial charge < -0.3 is 9.73 Å². The van der Waals surface area contributed by atoms with Crippen molar-refractivity contribution in [3.05, 3.63) is 99.9 Å². The van der Waals surface area contributed by atoms with Gasteiger partial charge in [-0.1, -0.05) is 48.0 Å². The summed E-state index contributed by atoms with van der Waals surface area (Å²) in [5.74, 6) is 1.09. The van der Waals surface area contributed by atoms with E-state index in [1.165, 1.54) is 0 Å². The van der Waals surface area contributed by atoms with Crippen LogP contribution in [0.5, 0.6) is 0 Å². The van der Waals surface area contributed by atoms with Gasteiger partial charge in [0, 0.05) is 34.1 Å². The largest absolute Gasteiger partial charge is 0.465 e. The van der Waals surface area contributed by atoms with Gasteiger partial charge in [-0.2, -0.15) is 0 Å². The first kappa shape index (κ1) is 23.5. The monoisotopic (exact) mass is 503 g/mol. The van der Waals surface area contributed by atoms with Gasteiger partial charge in [-0.05, 0) is 67.9 Å². The van der Waals surface area contributed by atoms with Gasteiger partial charge in [0.1, 0.15) is 11.5 Å². The van der Waals surface area contributed by atoms with Crippen LogP contribution in [0.15, 0.2) is 82.8 Å². The highest BCUT2D eigenvalue weighted by Crippen LogP contribution is 2.32. The number of thiazole rings is 1. The number of aromatic nitrogens is 1. The number of rotatable bonds is 7. The number of hydrogen-bond acceptors (Lipinski definition) is 5. The summed E-state index contributed by atoms with van der Waals surface area (Å²) in [7, 11) is 0. The van der Waals surface area contributed by atoms with Crippen molar-refractivity contribution in [2.45, 2.75) is 18.8 Å². The molecule has 0 aliphatic carbocycles. The molecule has 0 saturated carbocycles. The zero-order chi connectivity index (χ0) is 24.0. The van der Waals surface area contributed by atoms with E-state index in [-0.39, 0.29) is 5.91 Å². The van der Waals surface area contributed by atoms with E-state index in [1.54, 1.807) is 17.6 Å². The second-order valence-corrected chi connectivity index (χ2v) is 9.90. The number of para-hydroxylation sites is 1. The lowest BCUT2D eigenvalue weighted by Crippen LogP contribution is -2.33. The first-order valence-electron chi connectivity index (χ1n) is 11.7. The maximum atomic E-state index is 13.0. The molecule has 7 heteroatoms. The normalized spacial score (nSPS) is 15.0. The number of nitrogens with zero attached hydrogens (tertiary/aromatic N) is 2. The molecule has 0 bridgehead atoms. The molecule has 4 aromatic rings. The number of carbonyl (C=O) groups is 1. The van der Waals surface area contributed by atoms with Crippen LogP contribution < -0.4 is 5.32 Å². The summed E-state index contributed by atoms with van der Waals surface area (Å²) in [6, 6.07) is 19.2. The predicted molar refractivity (Wildman–Crippen MR) is 143 cm³/mol. The lowest BCUT2D eigenvalue weighted by atomic mass is 9.97. The Labute approximate surface area is 214 Å². The Morgan fingerprint density at radius 3 is 2.69 bits per heavy atom. The minimum Gasteiger partial charge on any atom is -0.465 e. The van der Waals surface area contributed by atoms with Crippen LogP contribution in [0.4, 0.5) is 5.69 Å². The van der Waals surface area contributed by atoms with Crippen molar-refractivity contribution in [3.8, 4) is 11.1 Å². The third kappa shape index (κ3) is 5.90. The van der Waals surface area contributed by atoms with E-state index in [1.807, 2.05) is 72.1 Å². The fourth-order valence-electron chi connectivity index (χ4n) is 4.31. The van der Waals surface area contributed by atoms with Crippen molar-refractivity contribution in [2.24, 2.45) is 0 Å². The van der Waals surface area contributed by atoms with Crippen molar-refractivity contribution in [3.63, 3.8) is 0 Å². The SMILES string of the molecule is O=C(Nc1ccccc1-c1ccc(Cl)cc1)c1csc(C2CCN(C/C=C\c3ccco3)CC2)n1. The number of piperidine rings is 1. The molecular formula is C28H26ClN3O2S. The molecule has 0 radical (unpaired) electrons. The van der Waals surface area contributed by atoms with Gasteiger partial charge >= 0.3 is 0 Å². The van der Waals surface area contributed by atoms with Crippen molar-refractivity contribution >= 4 is 40.6 Å². The Morgan fingerprint density at radius 1 is 1.11 bits per heavy atom. The minimum absolute atomic E-state index is 0.186. The summed E-state index contributed by atoms with van der Waals surface area (Å²) in [5, 5.41) is 6.65. The maximum Gasteiger partial charge on any atom is 0.275 e. The number of nitrogens with one attached hydrogen (secondary N) is 1. The van der Waals surface area contributed by atoms with Gasteiger partial charge in [0.25, 0.3) is 5.91 Å². The number of benzene rings is 2. The van der Waals surface area contributed by atoms with Gasteiger partial charge in [-0.25, -0.2) is 4.98 Å². The Kier molecular flexibility index (Phi) is 7.42. The molecule has 0 unspecified atom stereocenters. The molecule has 1 aliphatic rings. The molecule has 1 amide bonds. The van der Waals surface area contributed by atoms with E-state index in [0.29, 0.717) is 16.6 Å². The highest BCUT2D eigenvalue weighted by atomic mass is 35.5. The molecule has 1 fully saturated rings. The van der Waals surface area contributed by atoms with Crippen molar-refractivity contribution in [1.29, 1.82) is 0 Å². The average molecular weight is 504 g/mol. The molecule has 178 valence electrons. The van der Waals surface area contributed by atoms with Crippen LogP contribution in [-0.2, 0) is 0 Å². The van der Waals surface area contributed by atoms with Crippen LogP contribution in [0.3, 0.4) is 0 Å². The summed E-state index contributed by atoms with van der Waals surface area (Å²) in [6.07, 6.45) is 7.94. The highest BCUT2D eigenvalue weighted by molar-refractivity contribution is 7.10. The van der Waals surface area contributed by atoms with E-state index in [4.69, 9.17) is 21.0 Å². The molecule has 5 rings (SSSR count). The summed E-state index contributed by atoms with van der Waals surface area (Å²) < 4.78 is 5.34. The number of likely N-dealkylation sites (tertiary alicyclic amines) is 1. The summed E-state index contributed by atoms with van der Waals surface area (Å²) >= 11 is 7.62. The molecule has 3 heterocycles. The van der Waals surface area contributed by atoms with Crippen LogP contribution in [-0.4, -0.2) is 35.4 Å². The number of halogens is 1. The molecule has 5 nitrogen and oxygen atoms in total. The fraction of sp³-hybridized carbons (Fsp3) is 0.214. The van der Waals surface area contributed by atoms with Gasteiger partial charge in [-0.15, -0.1) is 11.3 Å². The number of anilines is 1. The van der Waals surface area contributed by atoms with E-state index in [2.05, 4.69) is 16.3 Å². The highest BCUT2D eigenvalue weighted by Gasteiger charge is 2.23. The molecule has 2 aromatic heterocycles. The Balaban J connectivity index is 1.18. The lowest BCUT2D eigenvalue weighted by Gasteiger charge is -2.30. The first-order valence-corrected chi connectivity index (χ1v) is 13.0. The number of carbonyl (C=O) groups excluding carboxylic acids is 1. The van der Waals surface area contributed by atoms with Gasteiger partial charge in [0.05, 0.1) is 11.3 Å². The second-order valence-electron chi connectivity index (χ2n) is 8.57. The Hall–Kier alpha value is -3.19. The van der Waals surface area contributed by atoms with Gasteiger partial charge in [-0.3, -0.25) is 9.69 Å². The van der Waals surface area contributed by atoms with Crippen LogP contribution in [0, 0.1) is 0 Å². The number of amides is 1. The molecule has 1 N–H and O–H groups in total. The molecule has 2 aromatic carbocycles. The van der Waals surface area contributed by atoms with Gasteiger partial charge in [0.2, 0.25) is 0 Å². The quantitative estimate of drug-likeness (QED) is 0.289. The Bertz CT molecular complexity index is 1290. The van der Waals surface area contributed by atoms with Crippen LogP contribution >= 0.6 is 22.9 Å². The maximum absolute atomic E-state index is 13.0. The zero-order valence-electron chi connectivity index (χ0n) is 19.2. The number of furan rings is 1. The van der Waals surface area contributed by atoms with Crippen LogP contribution in [0.1, 0.15) is 40.0 Å². The molecule has 35 heavy (non-hydrogen) atoms. The zero-order valence-corrected chi connectivity index (χ0v) is 20.8. The average Bonchev–Trinajstić information content (AvgIpc) is 3.58. The van der Waals surface area contributed by atoms with Crippen LogP contribution in [0.25, 0.3) is 17.2 Å². The smallest absolute Gasteiger partial charge is 0.275 e. The number of hydrogen-bond donors (Lipinski definition) is 1. The van der Waals surface area contributed by atoms with Crippen LogP contribution in [0.2, 0.25) is 5.02 Å². The van der Waals surface area contributed by atoms with E-state index in [9.17, 15) is 4.79 Å². The third-order valence-corrected chi connectivity index (χ3v) is 7.47. The standard InChI is InChI=1S/C28H26ClN3O2S/c29-22-11-9-20(10-12-22)24-7-1-2-8-25(24)30-27(33)26-19-35-28(31-26)21-13-16-32(17-14-21)15-3-5-23-6-4-18-34-23/h1-12,18-19,21H,13-17H2,(H,30,33)/b5-3-. The molecule has 1 saturated heterocycles. The fourth-order valence-corrected chi connectivity index (χ4v) is 5.40.